The Labute approximate surface area is 117 Å². The summed E-state index contributed by atoms with van der Waals surface area (Å²) < 4.78 is 52.4. The van der Waals surface area contributed by atoms with E-state index in [0.717, 1.165) is 12.1 Å². The molecule has 0 heterocycles. The molecule has 20 heavy (non-hydrogen) atoms. The molecule has 0 aliphatic rings. The first kappa shape index (κ1) is 14.8. The number of aliphatic hydroxyl groups is 1. The molecule has 0 bridgehead atoms. The lowest BCUT2D eigenvalue weighted by Crippen LogP contribution is -2.07. The van der Waals surface area contributed by atoms with Gasteiger partial charge in [-0.2, -0.15) is 0 Å². The van der Waals surface area contributed by atoms with Crippen molar-refractivity contribution in [2.75, 3.05) is 0 Å². The second-order valence-electron chi connectivity index (χ2n) is 4.24. The molecule has 0 saturated carbocycles. The Kier molecular flexibility index (Phi) is 4.30. The van der Waals surface area contributed by atoms with Crippen molar-refractivity contribution in [3.63, 3.8) is 0 Å². The van der Waals surface area contributed by atoms with Crippen LogP contribution in [-0.4, -0.2) is 5.11 Å². The molecule has 0 saturated heterocycles. The van der Waals surface area contributed by atoms with Crippen LogP contribution in [0.4, 0.5) is 17.6 Å². The smallest absolute Gasteiger partial charge is 0.161 e. The first-order chi connectivity index (χ1) is 9.38. The molecule has 1 atom stereocenters. The Hall–Kier alpha value is -1.59. The third-order valence-electron chi connectivity index (χ3n) is 2.82. The fraction of sp³-hybridized carbons (Fsp3) is 0.143. The molecule has 1 N–H and O–H groups in total. The van der Waals surface area contributed by atoms with Gasteiger partial charge < -0.3 is 5.11 Å². The summed E-state index contributed by atoms with van der Waals surface area (Å²) in [7, 11) is 0. The molecule has 106 valence electrons. The first-order valence-electron chi connectivity index (χ1n) is 5.65. The first-order valence-corrected chi connectivity index (χ1v) is 6.02. The van der Waals surface area contributed by atoms with Gasteiger partial charge in [-0.25, -0.2) is 17.6 Å². The molecule has 0 aliphatic carbocycles. The van der Waals surface area contributed by atoms with E-state index in [1.54, 1.807) is 0 Å². The topological polar surface area (TPSA) is 20.2 Å². The highest BCUT2D eigenvalue weighted by molar-refractivity contribution is 6.31. The average Bonchev–Trinajstić information content (AvgIpc) is 2.38. The molecule has 0 amide bonds. The minimum Gasteiger partial charge on any atom is -0.388 e. The maximum atomic E-state index is 13.5. The lowest BCUT2D eigenvalue weighted by Gasteiger charge is -2.13. The van der Waals surface area contributed by atoms with Crippen LogP contribution in [0.3, 0.4) is 0 Å². The Morgan fingerprint density at radius 1 is 0.950 bits per heavy atom. The second kappa shape index (κ2) is 5.81. The quantitative estimate of drug-likeness (QED) is 0.666. The molecule has 0 fully saturated rings. The predicted octanol–water partition coefficient (Wildman–Crippen LogP) is 4.17. The number of rotatable bonds is 3. The summed E-state index contributed by atoms with van der Waals surface area (Å²) in [5.74, 6) is -4.26. The minimum atomic E-state index is -1.47. The predicted molar refractivity (Wildman–Crippen MR) is 66.4 cm³/mol. The highest BCUT2D eigenvalue weighted by atomic mass is 35.5. The fourth-order valence-corrected chi connectivity index (χ4v) is 2.01. The molecule has 1 unspecified atom stereocenters. The van der Waals surface area contributed by atoms with Crippen molar-refractivity contribution in [3.8, 4) is 0 Å². The zero-order valence-electron chi connectivity index (χ0n) is 10.0. The van der Waals surface area contributed by atoms with Gasteiger partial charge in [0.15, 0.2) is 11.6 Å². The van der Waals surface area contributed by atoms with Crippen molar-refractivity contribution in [1.29, 1.82) is 0 Å². The summed E-state index contributed by atoms with van der Waals surface area (Å²) in [6.07, 6.45) is -1.69. The SMILES string of the molecule is OC(Cc1cc(F)ccc1Cl)c1cc(F)c(F)cc1F. The van der Waals surface area contributed by atoms with Gasteiger partial charge in [-0.15, -0.1) is 0 Å². The summed E-state index contributed by atoms with van der Waals surface area (Å²) >= 11 is 5.82. The lowest BCUT2D eigenvalue weighted by molar-refractivity contribution is 0.172. The summed E-state index contributed by atoms with van der Waals surface area (Å²) in [6.45, 7) is 0. The molecule has 2 aromatic rings. The average molecular weight is 305 g/mol. The third-order valence-corrected chi connectivity index (χ3v) is 3.19. The zero-order chi connectivity index (χ0) is 14.9. The summed E-state index contributed by atoms with van der Waals surface area (Å²) in [5.41, 5.74) is -0.174. The van der Waals surface area contributed by atoms with Crippen molar-refractivity contribution in [3.05, 3.63) is 69.8 Å². The molecule has 6 heteroatoms. The van der Waals surface area contributed by atoms with Gasteiger partial charge in [-0.05, 0) is 29.8 Å². The molecule has 1 nitrogen and oxygen atoms in total. The summed E-state index contributed by atoms with van der Waals surface area (Å²) in [4.78, 5) is 0. The van der Waals surface area contributed by atoms with Gasteiger partial charge >= 0.3 is 0 Å². The molecule has 0 aromatic heterocycles. The van der Waals surface area contributed by atoms with E-state index in [1.165, 1.54) is 6.07 Å². The van der Waals surface area contributed by atoms with Gasteiger partial charge in [0, 0.05) is 23.1 Å². The van der Waals surface area contributed by atoms with Crippen molar-refractivity contribution < 1.29 is 22.7 Å². The second-order valence-corrected chi connectivity index (χ2v) is 4.65. The molecular formula is C14H9ClF4O. The van der Waals surface area contributed by atoms with Gasteiger partial charge in [0.25, 0.3) is 0 Å². The van der Waals surface area contributed by atoms with E-state index in [2.05, 4.69) is 0 Å². The van der Waals surface area contributed by atoms with Gasteiger partial charge in [0.05, 0.1) is 6.10 Å². The number of benzene rings is 2. The standard InChI is InChI=1S/C14H9ClF4O/c15-10-2-1-8(16)3-7(10)4-14(20)9-5-12(18)13(19)6-11(9)17/h1-3,5-6,14,20H,4H2. The molecular weight excluding hydrogens is 296 g/mol. The van der Waals surface area contributed by atoms with E-state index in [4.69, 9.17) is 11.6 Å². The molecule has 0 aliphatic heterocycles. The van der Waals surface area contributed by atoms with Crippen molar-refractivity contribution in [1.82, 2.24) is 0 Å². The molecule has 2 aromatic carbocycles. The van der Waals surface area contributed by atoms with Crippen LogP contribution in [0.25, 0.3) is 0 Å². The highest BCUT2D eigenvalue weighted by Gasteiger charge is 2.18. The van der Waals surface area contributed by atoms with Crippen LogP contribution >= 0.6 is 11.6 Å². The minimum absolute atomic E-state index is 0.188. The third kappa shape index (κ3) is 3.11. The molecule has 0 radical (unpaired) electrons. The lowest BCUT2D eigenvalue weighted by atomic mass is 10.0. The van der Waals surface area contributed by atoms with Gasteiger partial charge in [-0.1, -0.05) is 11.6 Å². The van der Waals surface area contributed by atoms with Crippen molar-refractivity contribution in [2.24, 2.45) is 0 Å². The van der Waals surface area contributed by atoms with Gasteiger partial charge in [0.2, 0.25) is 0 Å². The number of hydrogen-bond donors (Lipinski definition) is 1. The Balaban J connectivity index is 2.30. The normalized spacial score (nSPS) is 12.5. The van der Waals surface area contributed by atoms with Crippen LogP contribution in [0.1, 0.15) is 17.2 Å². The number of halogens is 5. The maximum absolute atomic E-state index is 13.5. The van der Waals surface area contributed by atoms with Crippen molar-refractivity contribution in [2.45, 2.75) is 12.5 Å². The highest BCUT2D eigenvalue weighted by Crippen LogP contribution is 2.27. The molecule has 2 rings (SSSR count). The maximum Gasteiger partial charge on any atom is 0.161 e. The number of hydrogen-bond acceptors (Lipinski definition) is 1. The van der Waals surface area contributed by atoms with Crippen LogP contribution in [0.5, 0.6) is 0 Å². The van der Waals surface area contributed by atoms with Gasteiger partial charge in [0.1, 0.15) is 11.6 Å². The van der Waals surface area contributed by atoms with Crippen LogP contribution in [-0.2, 0) is 6.42 Å². The van der Waals surface area contributed by atoms with E-state index >= 15 is 0 Å². The Morgan fingerprint density at radius 3 is 2.30 bits per heavy atom. The molecule has 0 spiro atoms. The fourth-order valence-electron chi connectivity index (χ4n) is 1.81. The van der Waals surface area contributed by atoms with Crippen LogP contribution in [0, 0.1) is 23.3 Å². The number of aliphatic hydroxyl groups excluding tert-OH is 1. The monoisotopic (exact) mass is 304 g/mol. The summed E-state index contributed by atoms with van der Waals surface area (Å²) in [5, 5.41) is 10.1. The van der Waals surface area contributed by atoms with E-state index < -0.39 is 34.9 Å². The van der Waals surface area contributed by atoms with E-state index in [0.29, 0.717) is 12.1 Å². The van der Waals surface area contributed by atoms with Crippen LogP contribution in [0.2, 0.25) is 5.02 Å². The van der Waals surface area contributed by atoms with Crippen LogP contribution in [0.15, 0.2) is 30.3 Å². The Bertz CT molecular complexity index is 645. The van der Waals surface area contributed by atoms with E-state index in [9.17, 15) is 22.7 Å². The van der Waals surface area contributed by atoms with E-state index in [1.807, 2.05) is 0 Å². The van der Waals surface area contributed by atoms with E-state index in [-0.39, 0.29) is 17.0 Å². The summed E-state index contributed by atoms with van der Waals surface area (Å²) in [6, 6.07) is 4.43. The Morgan fingerprint density at radius 2 is 1.60 bits per heavy atom. The van der Waals surface area contributed by atoms with Gasteiger partial charge in [-0.3, -0.25) is 0 Å². The van der Waals surface area contributed by atoms with Crippen molar-refractivity contribution >= 4 is 11.6 Å². The zero-order valence-corrected chi connectivity index (χ0v) is 10.8. The largest absolute Gasteiger partial charge is 0.388 e. The van der Waals surface area contributed by atoms with Crippen LogP contribution < -0.4 is 0 Å².